The van der Waals surface area contributed by atoms with Crippen LogP contribution in [0.4, 0.5) is 29.0 Å². The average Bonchev–Trinajstić information content (AvgIpc) is 3.09. The third kappa shape index (κ3) is 5.75. The van der Waals surface area contributed by atoms with Crippen LogP contribution in [0.5, 0.6) is 0 Å². The Bertz CT molecular complexity index is 1200. The maximum atomic E-state index is 12.2. The number of aryl methyl sites for hydroxylation is 1. The maximum Gasteiger partial charge on any atom is 0.251 e. The Hall–Kier alpha value is -3.98. The quantitative estimate of drug-likeness (QED) is 0.388. The molecule has 1 aromatic heterocycles. The zero-order chi connectivity index (χ0) is 24.8. The molecule has 182 valence electrons. The van der Waals surface area contributed by atoms with Gasteiger partial charge in [-0.3, -0.25) is 4.79 Å². The van der Waals surface area contributed by atoms with Gasteiger partial charge < -0.3 is 31.2 Å². The SMILES string of the molecule is CNC(=O)c1ccc(C)c(Nc2nc(N3CCCN(C)CC3)nc(Nc3ccccc3)c2C=N)c1. The molecule has 0 unspecified atom stereocenters. The Kier molecular flexibility index (Phi) is 7.57. The molecule has 1 saturated heterocycles. The molecule has 0 radical (unpaired) electrons. The van der Waals surface area contributed by atoms with E-state index in [1.54, 1.807) is 19.2 Å². The molecular weight excluding hydrogens is 440 g/mol. The second-order valence-corrected chi connectivity index (χ2v) is 8.65. The summed E-state index contributed by atoms with van der Waals surface area (Å²) in [5.74, 6) is 1.50. The van der Waals surface area contributed by atoms with Crippen LogP contribution in [0.25, 0.3) is 0 Å². The minimum atomic E-state index is -0.163. The Morgan fingerprint density at radius 2 is 1.74 bits per heavy atom. The van der Waals surface area contributed by atoms with Crippen LogP contribution in [0, 0.1) is 12.3 Å². The van der Waals surface area contributed by atoms with Crippen molar-refractivity contribution in [2.24, 2.45) is 0 Å². The summed E-state index contributed by atoms with van der Waals surface area (Å²) in [6.07, 6.45) is 2.27. The Morgan fingerprint density at radius 1 is 1.00 bits per heavy atom. The number of amides is 1. The van der Waals surface area contributed by atoms with Crippen LogP contribution < -0.4 is 20.9 Å². The van der Waals surface area contributed by atoms with E-state index >= 15 is 0 Å². The molecular formula is C26H32N8O. The first-order chi connectivity index (χ1) is 17.0. The van der Waals surface area contributed by atoms with Gasteiger partial charge in [-0.15, -0.1) is 0 Å². The minimum absolute atomic E-state index is 0.163. The van der Waals surface area contributed by atoms with E-state index in [1.165, 1.54) is 6.21 Å². The standard InChI is InChI=1S/C26H32N8O/c1-18-10-11-19(25(35)28-2)16-22(18)30-24-21(17-27)23(29-20-8-5-4-6-9-20)31-26(32-24)34-13-7-12-33(3)14-15-34/h4-6,8-11,16-17,27H,7,12-15H2,1-3H3,(H,28,35)(H2,29,30,31,32). The summed E-state index contributed by atoms with van der Waals surface area (Å²) in [6.45, 7) is 5.59. The van der Waals surface area contributed by atoms with Gasteiger partial charge in [0, 0.05) is 49.8 Å². The molecule has 4 N–H and O–H groups in total. The summed E-state index contributed by atoms with van der Waals surface area (Å²) in [4.78, 5) is 26.4. The highest BCUT2D eigenvalue weighted by atomic mass is 16.1. The van der Waals surface area contributed by atoms with Crippen LogP contribution in [-0.2, 0) is 0 Å². The third-order valence-electron chi connectivity index (χ3n) is 6.10. The van der Waals surface area contributed by atoms with Gasteiger partial charge in [0.2, 0.25) is 5.95 Å². The van der Waals surface area contributed by atoms with Gasteiger partial charge in [0.1, 0.15) is 11.6 Å². The lowest BCUT2D eigenvalue weighted by Crippen LogP contribution is -2.30. The smallest absolute Gasteiger partial charge is 0.251 e. The highest BCUT2D eigenvalue weighted by Crippen LogP contribution is 2.30. The third-order valence-corrected chi connectivity index (χ3v) is 6.10. The van der Waals surface area contributed by atoms with Crippen LogP contribution in [0.15, 0.2) is 48.5 Å². The van der Waals surface area contributed by atoms with E-state index < -0.39 is 0 Å². The van der Waals surface area contributed by atoms with Crippen molar-refractivity contribution in [2.75, 3.05) is 55.8 Å². The molecule has 1 aliphatic rings. The summed E-state index contributed by atoms with van der Waals surface area (Å²) in [6, 6.07) is 15.3. The van der Waals surface area contributed by atoms with Gasteiger partial charge in [-0.25, -0.2) is 0 Å². The molecule has 0 spiro atoms. The second kappa shape index (κ2) is 11.0. The van der Waals surface area contributed by atoms with Crippen molar-refractivity contribution in [1.82, 2.24) is 20.2 Å². The number of likely N-dealkylation sites (N-methyl/N-ethyl adjacent to an activating group) is 1. The molecule has 1 aliphatic heterocycles. The number of nitrogens with zero attached hydrogens (tertiary/aromatic N) is 4. The molecule has 9 nitrogen and oxygen atoms in total. The van der Waals surface area contributed by atoms with Crippen LogP contribution >= 0.6 is 0 Å². The number of carbonyl (C=O) groups excluding carboxylic acids is 1. The molecule has 35 heavy (non-hydrogen) atoms. The number of nitrogens with one attached hydrogen (secondary N) is 4. The van der Waals surface area contributed by atoms with Gasteiger partial charge in [0.25, 0.3) is 5.91 Å². The highest BCUT2D eigenvalue weighted by Gasteiger charge is 2.20. The number of aromatic nitrogens is 2. The monoisotopic (exact) mass is 472 g/mol. The lowest BCUT2D eigenvalue weighted by molar-refractivity contribution is 0.0963. The molecule has 1 fully saturated rings. The number of hydrogen-bond acceptors (Lipinski definition) is 8. The van der Waals surface area contributed by atoms with E-state index in [9.17, 15) is 4.79 Å². The molecule has 3 aromatic rings. The van der Waals surface area contributed by atoms with Gasteiger partial charge in [0.15, 0.2) is 0 Å². The van der Waals surface area contributed by atoms with Crippen LogP contribution in [0.3, 0.4) is 0 Å². The van der Waals surface area contributed by atoms with E-state index in [-0.39, 0.29) is 5.91 Å². The van der Waals surface area contributed by atoms with Gasteiger partial charge in [-0.05, 0) is 56.8 Å². The fourth-order valence-electron chi connectivity index (χ4n) is 4.00. The Labute approximate surface area is 206 Å². The number of benzene rings is 2. The summed E-state index contributed by atoms with van der Waals surface area (Å²) < 4.78 is 0. The first kappa shape index (κ1) is 24.2. The normalized spacial score (nSPS) is 14.2. The Morgan fingerprint density at radius 3 is 2.46 bits per heavy atom. The van der Waals surface area contributed by atoms with Gasteiger partial charge in [-0.2, -0.15) is 9.97 Å². The van der Waals surface area contributed by atoms with Crippen molar-refractivity contribution < 1.29 is 4.79 Å². The largest absolute Gasteiger partial charge is 0.355 e. The molecule has 2 aromatic carbocycles. The van der Waals surface area contributed by atoms with Crippen molar-refractivity contribution in [3.05, 3.63) is 65.2 Å². The number of anilines is 5. The van der Waals surface area contributed by atoms with E-state index in [1.807, 2.05) is 43.3 Å². The zero-order valence-corrected chi connectivity index (χ0v) is 20.4. The van der Waals surface area contributed by atoms with Crippen molar-refractivity contribution in [1.29, 1.82) is 5.41 Å². The van der Waals surface area contributed by atoms with E-state index in [0.29, 0.717) is 28.7 Å². The number of para-hydroxylation sites is 1. The fourth-order valence-corrected chi connectivity index (χ4v) is 4.00. The lowest BCUT2D eigenvalue weighted by atomic mass is 10.1. The van der Waals surface area contributed by atoms with Gasteiger partial charge in [-0.1, -0.05) is 24.3 Å². The van der Waals surface area contributed by atoms with Crippen molar-refractivity contribution in [3.63, 3.8) is 0 Å². The van der Waals surface area contributed by atoms with Crippen molar-refractivity contribution in [3.8, 4) is 0 Å². The number of rotatable bonds is 7. The minimum Gasteiger partial charge on any atom is -0.355 e. The van der Waals surface area contributed by atoms with Crippen LogP contribution in [-0.4, -0.2) is 67.3 Å². The van der Waals surface area contributed by atoms with Crippen molar-refractivity contribution >= 4 is 41.1 Å². The van der Waals surface area contributed by atoms with Gasteiger partial charge in [0.05, 0.1) is 5.56 Å². The fraction of sp³-hybridized carbons (Fsp3) is 0.308. The molecule has 0 bridgehead atoms. The average molecular weight is 473 g/mol. The maximum absolute atomic E-state index is 12.2. The van der Waals surface area contributed by atoms with Crippen LogP contribution in [0.2, 0.25) is 0 Å². The molecule has 0 atom stereocenters. The number of hydrogen-bond donors (Lipinski definition) is 4. The first-order valence-electron chi connectivity index (χ1n) is 11.8. The summed E-state index contributed by atoms with van der Waals surface area (Å²) in [5.41, 5.74) is 3.67. The molecule has 2 heterocycles. The van der Waals surface area contributed by atoms with E-state index in [2.05, 4.69) is 32.8 Å². The summed E-state index contributed by atoms with van der Waals surface area (Å²) in [5, 5.41) is 17.6. The molecule has 9 heteroatoms. The highest BCUT2D eigenvalue weighted by molar-refractivity contribution is 5.96. The van der Waals surface area contributed by atoms with Crippen LogP contribution in [0.1, 0.15) is 27.9 Å². The first-order valence-corrected chi connectivity index (χ1v) is 11.8. The van der Waals surface area contributed by atoms with E-state index in [0.717, 1.165) is 49.5 Å². The Balaban J connectivity index is 1.78. The predicted octanol–water partition coefficient (Wildman–Crippen LogP) is 3.77. The van der Waals surface area contributed by atoms with E-state index in [4.69, 9.17) is 15.4 Å². The topological polar surface area (TPSA) is 109 Å². The lowest BCUT2D eigenvalue weighted by Gasteiger charge is -2.23. The summed E-state index contributed by atoms with van der Waals surface area (Å²) in [7, 11) is 3.74. The molecule has 4 rings (SSSR count). The summed E-state index contributed by atoms with van der Waals surface area (Å²) >= 11 is 0. The van der Waals surface area contributed by atoms with Crippen molar-refractivity contribution in [2.45, 2.75) is 13.3 Å². The molecule has 0 aliphatic carbocycles. The number of carbonyl (C=O) groups is 1. The molecule has 1 amide bonds. The molecule has 0 saturated carbocycles. The zero-order valence-electron chi connectivity index (χ0n) is 20.4. The predicted molar refractivity (Wildman–Crippen MR) is 142 cm³/mol. The van der Waals surface area contributed by atoms with Gasteiger partial charge >= 0.3 is 0 Å². The second-order valence-electron chi connectivity index (χ2n) is 8.65.